The zero-order valence-electron chi connectivity index (χ0n) is 13.2. The number of halogens is 1. The summed E-state index contributed by atoms with van der Waals surface area (Å²) in [6, 6.07) is 4.06. The molecular formula is C17H27ClN2O. The Morgan fingerprint density at radius 1 is 1.24 bits per heavy atom. The number of aryl methyl sites for hydroxylation is 2. The molecule has 1 fully saturated rings. The second kappa shape index (κ2) is 8.14. The SMILES string of the molecule is Cc1cc(Cl)cc(C)c1CNCCCN1CCC(O)CC1. The van der Waals surface area contributed by atoms with E-state index in [0.29, 0.717) is 0 Å². The maximum Gasteiger partial charge on any atom is 0.0564 e. The van der Waals surface area contributed by atoms with Crippen LogP contribution in [0.2, 0.25) is 5.02 Å². The van der Waals surface area contributed by atoms with Crippen LogP contribution in [0.15, 0.2) is 12.1 Å². The molecule has 1 aromatic rings. The smallest absolute Gasteiger partial charge is 0.0564 e. The number of benzene rings is 1. The van der Waals surface area contributed by atoms with Crippen molar-refractivity contribution in [3.63, 3.8) is 0 Å². The Kier molecular flexibility index (Phi) is 6.49. The molecule has 0 radical (unpaired) electrons. The summed E-state index contributed by atoms with van der Waals surface area (Å²) in [5, 5.41) is 13.8. The van der Waals surface area contributed by atoms with Crippen molar-refractivity contribution in [2.45, 2.75) is 45.8 Å². The first kappa shape index (κ1) is 16.8. The van der Waals surface area contributed by atoms with E-state index in [2.05, 4.69) is 24.1 Å². The number of nitrogens with one attached hydrogen (secondary N) is 1. The number of hydrogen-bond donors (Lipinski definition) is 2. The predicted molar refractivity (Wildman–Crippen MR) is 88.9 cm³/mol. The van der Waals surface area contributed by atoms with E-state index in [4.69, 9.17) is 11.6 Å². The lowest BCUT2D eigenvalue weighted by Gasteiger charge is -2.29. The monoisotopic (exact) mass is 310 g/mol. The minimum atomic E-state index is -0.0739. The topological polar surface area (TPSA) is 35.5 Å². The van der Waals surface area contributed by atoms with Crippen molar-refractivity contribution in [3.8, 4) is 0 Å². The molecule has 0 spiro atoms. The Hall–Kier alpha value is -0.610. The van der Waals surface area contributed by atoms with E-state index in [1.54, 1.807) is 0 Å². The second-order valence-corrected chi connectivity index (χ2v) is 6.56. The van der Waals surface area contributed by atoms with E-state index >= 15 is 0 Å². The third-order valence-corrected chi connectivity index (χ3v) is 4.57. The number of aliphatic hydroxyl groups is 1. The summed E-state index contributed by atoms with van der Waals surface area (Å²) >= 11 is 6.06. The van der Waals surface area contributed by atoms with Gasteiger partial charge < -0.3 is 15.3 Å². The minimum Gasteiger partial charge on any atom is -0.393 e. The van der Waals surface area contributed by atoms with Crippen LogP contribution in [-0.2, 0) is 6.54 Å². The largest absolute Gasteiger partial charge is 0.393 e. The fraction of sp³-hybridized carbons (Fsp3) is 0.647. The molecule has 3 nitrogen and oxygen atoms in total. The van der Waals surface area contributed by atoms with E-state index < -0.39 is 0 Å². The second-order valence-electron chi connectivity index (χ2n) is 6.12. The maximum absolute atomic E-state index is 9.49. The fourth-order valence-electron chi connectivity index (χ4n) is 3.00. The minimum absolute atomic E-state index is 0.0739. The highest BCUT2D eigenvalue weighted by Gasteiger charge is 2.15. The fourth-order valence-corrected chi connectivity index (χ4v) is 3.33. The van der Waals surface area contributed by atoms with Crippen LogP contribution >= 0.6 is 11.6 Å². The molecule has 4 heteroatoms. The van der Waals surface area contributed by atoms with Crippen LogP contribution in [0.3, 0.4) is 0 Å². The summed E-state index contributed by atoms with van der Waals surface area (Å²) in [6.45, 7) is 9.38. The molecule has 118 valence electrons. The summed E-state index contributed by atoms with van der Waals surface area (Å²) in [4.78, 5) is 2.45. The molecule has 0 amide bonds. The lowest BCUT2D eigenvalue weighted by atomic mass is 10.0. The number of piperidine rings is 1. The van der Waals surface area contributed by atoms with Crippen LogP contribution in [0.1, 0.15) is 36.0 Å². The van der Waals surface area contributed by atoms with Crippen LogP contribution in [-0.4, -0.2) is 42.3 Å². The van der Waals surface area contributed by atoms with Gasteiger partial charge in [-0.05, 0) is 75.0 Å². The van der Waals surface area contributed by atoms with E-state index in [1.165, 1.54) is 16.7 Å². The van der Waals surface area contributed by atoms with Gasteiger partial charge in [-0.1, -0.05) is 11.6 Å². The van der Waals surface area contributed by atoms with Crippen LogP contribution < -0.4 is 5.32 Å². The molecule has 1 heterocycles. The summed E-state index contributed by atoms with van der Waals surface area (Å²) in [6.07, 6.45) is 2.94. The van der Waals surface area contributed by atoms with Crippen LogP contribution in [0.25, 0.3) is 0 Å². The summed E-state index contributed by atoms with van der Waals surface area (Å²) in [5.74, 6) is 0. The number of likely N-dealkylation sites (tertiary alicyclic amines) is 1. The van der Waals surface area contributed by atoms with E-state index in [-0.39, 0.29) is 6.10 Å². The van der Waals surface area contributed by atoms with Gasteiger partial charge in [-0.25, -0.2) is 0 Å². The van der Waals surface area contributed by atoms with Crippen molar-refractivity contribution in [2.75, 3.05) is 26.2 Å². The Balaban J connectivity index is 1.66. The van der Waals surface area contributed by atoms with Crippen molar-refractivity contribution < 1.29 is 5.11 Å². The molecule has 2 N–H and O–H groups in total. The molecule has 0 aliphatic carbocycles. The highest BCUT2D eigenvalue weighted by molar-refractivity contribution is 6.30. The van der Waals surface area contributed by atoms with Gasteiger partial charge in [0.2, 0.25) is 0 Å². The molecule has 2 rings (SSSR count). The van der Waals surface area contributed by atoms with Gasteiger partial charge in [0.25, 0.3) is 0 Å². The van der Waals surface area contributed by atoms with Gasteiger partial charge in [-0.3, -0.25) is 0 Å². The van der Waals surface area contributed by atoms with E-state index in [1.807, 2.05) is 12.1 Å². The van der Waals surface area contributed by atoms with Gasteiger partial charge in [-0.15, -0.1) is 0 Å². The predicted octanol–water partition coefficient (Wildman–Crippen LogP) is 2.89. The third kappa shape index (κ3) is 5.26. The molecule has 0 aromatic heterocycles. The molecular weight excluding hydrogens is 284 g/mol. The number of hydrogen-bond acceptors (Lipinski definition) is 3. The van der Waals surface area contributed by atoms with Crippen LogP contribution in [0.4, 0.5) is 0 Å². The van der Waals surface area contributed by atoms with Crippen LogP contribution in [0.5, 0.6) is 0 Å². The third-order valence-electron chi connectivity index (χ3n) is 4.35. The quantitative estimate of drug-likeness (QED) is 0.793. The number of nitrogens with zero attached hydrogens (tertiary/aromatic N) is 1. The highest BCUT2D eigenvalue weighted by atomic mass is 35.5. The van der Waals surface area contributed by atoms with Crippen molar-refractivity contribution in [2.24, 2.45) is 0 Å². The van der Waals surface area contributed by atoms with Gasteiger partial charge in [0, 0.05) is 24.7 Å². The number of aliphatic hydroxyl groups excluding tert-OH is 1. The van der Waals surface area contributed by atoms with Gasteiger partial charge >= 0.3 is 0 Å². The highest BCUT2D eigenvalue weighted by Crippen LogP contribution is 2.19. The Bertz CT molecular complexity index is 433. The average Bonchev–Trinajstić information content (AvgIpc) is 2.43. The summed E-state index contributed by atoms with van der Waals surface area (Å²) in [5.41, 5.74) is 3.88. The molecule has 0 unspecified atom stereocenters. The molecule has 1 aliphatic rings. The van der Waals surface area contributed by atoms with Crippen molar-refractivity contribution in [1.29, 1.82) is 0 Å². The van der Waals surface area contributed by atoms with Gasteiger partial charge in [0.05, 0.1) is 6.10 Å². The summed E-state index contributed by atoms with van der Waals surface area (Å²) in [7, 11) is 0. The van der Waals surface area contributed by atoms with Gasteiger partial charge in [0.15, 0.2) is 0 Å². The average molecular weight is 311 g/mol. The maximum atomic E-state index is 9.49. The Labute approximate surface area is 133 Å². The van der Waals surface area contributed by atoms with E-state index in [0.717, 1.165) is 57.0 Å². The van der Waals surface area contributed by atoms with Crippen LogP contribution in [0, 0.1) is 13.8 Å². The zero-order valence-corrected chi connectivity index (χ0v) is 13.9. The Morgan fingerprint density at radius 3 is 2.48 bits per heavy atom. The molecule has 1 aliphatic heterocycles. The van der Waals surface area contributed by atoms with Crippen molar-refractivity contribution >= 4 is 11.6 Å². The molecule has 1 saturated heterocycles. The standard InChI is InChI=1S/C17H27ClN2O/c1-13-10-15(18)11-14(2)17(13)12-19-6-3-7-20-8-4-16(21)5-9-20/h10-11,16,19,21H,3-9,12H2,1-2H3. The van der Waals surface area contributed by atoms with E-state index in [9.17, 15) is 5.11 Å². The molecule has 1 aromatic carbocycles. The molecule has 0 bridgehead atoms. The molecule has 0 saturated carbocycles. The van der Waals surface area contributed by atoms with Crippen molar-refractivity contribution in [1.82, 2.24) is 10.2 Å². The molecule has 0 atom stereocenters. The first-order chi connectivity index (χ1) is 10.1. The zero-order chi connectivity index (χ0) is 15.2. The molecule has 21 heavy (non-hydrogen) atoms. The first-order valence-electron chi connectivity index (χ1n) is 7.93. The lowest BCUT2D eigenvalue weighted by Crippen LogP contribution is -2.37. The van der Waals surface area contributed by atoms with Gasteiger partial charge in [0.1, 0.15) is 0 Å². The Morgan fingerprint density at radius 2 is 1.86 bits per heavy atom. The first-order valence-corrected chi connectivity index (χ1v) is 8.31. The summed E-state index contributed by atoms with van der Waals surface area (Å²) < 4.78 is 0. The lowest BCUT2D eigenvalue weighted by molar-refractivity contribution is 0.0821. The normalized spacial score (nSPS) is 17.3. The van der Waals surface area contributed by atoms with Crippen molar-refractivity contribution in [3.05, 3.63) is 33.8 Å². The van der Waals surface area contributed by atoms with Gasteiger partial charge in [-0.2, -0.15) is 0 Å². The number of rotatable bonds is 6.